The highest BCUT2D eigenvalue weighted by atomic mass is 79.9. The van der Waals surface area contributed by atoms with E-state index in [1.54, 1.807) is 0 Å². The summed E-state index contributed by atoms with van der Waals surface area (Å²) >= 11 is 3.72. The lowest BCUT2D eigenvalue weighted by Gasteiger charge is -2.42. The minimum absolute atomic E-state index is 0.192. The average molecular weight is 310 g/mol. The third kappa shape index (κ3) is 2.19. The number of benzene rings is 1. The number of ether oxygens (including phenoxy) is 1. The second-order valence-electron chi connectivity index (χ2n) is 5.71. The molecule has 0 unspecified atom stereocenters. The van der Waals surface area contributed by atoms with Gasteiger partial charge in [0.15, 0.2) is 0 Å². The lowest BCUT2D eigenvalue weighted by Crippen LogP contribution is -2.41. The molecule has 0 spiro atoms. The van der Waals surface area contributed by atoms with Gasteiger partial charge in [-0.1, -0.05) is 18.6 Å². The zero-order valence-electron chi connectivity index (χ0n) is 10.6. The van der Waals surface area contributed by atoms with Crippen molar-refractivity contribution >= 4 is 15.9 Å². The Bertz CT molecular complexity index is 433. The maximum Gasteiger partial charge on any atom is 0.133 e. The molecule has 2 saturated carbocycles. The van der Waals surface area contributed by atoms with Gasteiger partial charge in [0.05, 0.1) is 11.1 Å². The first-order valence-electron chi connectivity index (χ1n) is 6.87. The number of hydrogen-bond donors (Lipinski definition) is 1. The third-order valence-electron chi connectivity index (χ3n) is 4.41. The summed E-state index contributed by atoms with van der Waals surface area (Å²) in [5, 5.41) is 0. The molecule has 0 heterocycles. The Balaban J connectivity index is 1.83. The third-order valence-corrected chi connectivity index (χ3v) is 5.23. The molecule has 0 aliphatic heterocycles. The molecule has 0 atom stereocenters. The smallest absolute Gasteiger partial charge is 0.133 e. The number of nitrogens with two attached hydrogens (primary N) is 1. The van der Waals surface area contributed by atoms with Crippen molar-refractivity contribution in [2.75, 3.05) is 13.2 Å². The van der Waals surface area contributed by atoms with Gasteiger partial charge in [0.25, 0.3) is 0 Å². The van der Waals surface area contributed by atoms with Gasteiger partial charge >= 0.3 is 0 Å². The summed E-state index contributed by atoms with van der Waals surface area (Å²) in [6.07, 6.45) is 6.34. The first kappa shape index (κ1) is 12.5. The molecule has 1 aromatic rings. The largest absolute Gasteiger partial charge is 0.492 e. The summed E-state index contributed by atoms with van der Waals surface area (Å²) < 4.78 is 7.04. The second-order valence-corrected chi connectivity index (χ2v) is 6.50. The van der Waals surface area contributed by atoms with Crippen LogP contribution in [-0.4, -0.2) is 13.2 Å². The van der Waals surface area contributed by atoms with E-state index in [0.717, 1.165) is 29.3 Å². The monoisotopic (exact) mass is 309 g/mol. The Morgan fingerprint density at radius 1 is 1.33 bits per heavy atom. The van der Waals surface area contributed by atoms with Crippen LogP contribution in [0.4, 0.5) is 0 Å². The molecule has 1 aromatic carbocycles. The molecule has 18 heavy (non-hydrogen) atoms. The van der Waals surface area contributed by atoms with E-state index >= 15 is 0 Å². The van der Waals surface area contributed by atoms with E-state index in [4.69, 9.17) is 10.5 Å². The van der Waals surface area contributed by atoms with Gasteiger partial charge in [-0.3, -0.25) is 0 Å². The van der Waals surface area contributed by atoms with Crippen LogP contribution in [0.25, 0.3) is 0 Å². The fourth-order valence-electron chi connectivity index (χ4n) is 2.71. The van der Waals surface area contributed by atoms with E-state index in [1.165, 1.54) is 37.7 Å². The van der Waals surface area contributed by atoms with E-state index in [0.29, 0.717) is 0 Å². The van der Waals surface area contributed by atoms with Crippen LogP contribution < -0.4 is 10.5 Å². The van der Waals surface area contributed by atoms with E-state index in [2.05, 4.69) is 34.1 Å². The second kappa shape index (κ2) is 4.86. The highest BCUT2D eigenvalue weighted by molar-refractivity contribution is 9.10. The molecule has 3 rings (SSSR count). The summed E-state index contributed by atoms with van der Waals surface area (Å²) in [4.78, 5) is 0. The molecule has 0 bridgehead atoms. The number of halogens is 1. The predicted molar refractivity (Wildman–Crippen MR) is 76.9 cm³/mol. The van der Waals surface area contributed by atoms with Crippen LogP contribution in [0.1, 0.15) is 37.7 Å². The summed E-state index contributed by atoms with van der Waals surface area (Å²) in [7, 11) is 0. The summed E-state index contributed by atoms with van der Waals surface area (Å²) in [6.45, 7) is 1.59. The van der Waals surface area contributed by atoms with Crippen LogP contribution in [0.2, 0.25) is 0 Å². The van der Waals surface area contributed by atoms with Crippen LogP contribution in [0, 0.1) is 5.92 Å². The minimum atomic E-state index is 0.192. The van der Waals surface area contributed by atoms with Crippen LogP contribution in [0.15, 0.2) is 22.7 Å². The molecule has 98 valence electrons. The van der Waals surface area contributed by atoms with E-state index < -0.39 is 0 Å². The van der Waals surface area contributed by atoms with Crippen molar-refractivity contribution < 1.29 is 4.74 Å². The number of rotatable bonds is 5. The lowest BCUT2D eigenvalue weighted by molar-refractivity contribution is 0.248. The topological polar surface area (TPSA) is 35.2 Å². The first-order chi connectivity index (χ1) is 8.75. The maximum absolute atomic E-state index is 5.99. The minimum Gasteiger partial charge on any atom is -0.492 e. The van der Waals surface area contributed by atoms with Gasteiger partial charge in [0.1, 0.15) is 5.75 Å². The molecule has 2 aliphatic rings. The summed E-state index contributed by atoms with van der Waals surface area (Å²) in [5.41, 5.74) is 7.52. The van der Waals surface area contributed by atoms with Crippen molar-refractivity contribution in [2.24, 2.45) is 11.7 Å². The summed E-state index contributed by atoms with van der Waals surface area (Å²) in [6, 6.07) is 6.34. The van der Waals surface area contributed by atoms with Crippen LogP contribution >= 0.6 is 15.9 Å². The highest BCUT2D eigenvalue weighted by Gasteiger charge is 2.39. The van der Waals surface area contributed by atoms with Gasteiger partial charge in [-0.15, -0.1) is 0 Å². The Hall–Kier alpha value is -0.540. The molecule has 3 heteroatoms. The molecule has 2 fully saturated rings. The van der Waals surface area contributed by atoms with Crippen molar-refractivity contribution in [1.29, 1.82) is 0 Å². The van der Waals surface area contributed by atoms with E-state index in [-0.39, 0.29) is 5.41 Å². The van der Waals surface area contributed by atoms with Crippen LogP contribution in [-0.2, 0) is 5.41 Å². The molecule has 0 aromatic heterocycles. The summed E-state index contributed by atoms with van der Waals surface area (Å²) in [5.74, 6) is 1.77. The molecule has 2 nitrogen and oxygen atoms in total. The highest BCUT2D eigenvalue weighted by Crippen LogP contribution is 2.47. The van der Waals surface area contributed by atoms with Gasteiger partial charge in [0.2, 0.25) is 0 Å². The van der Waals surface area contributed by atoms with E-state index in [1.807, 2.05) is 0 Å². The molecule has 2 N–H and O–H groups in total. The Labute approximate surface area is 117 Å². The first-order valence-corrected chi connectivity index (χ1v) is 7.66. The standard InChI is InChI=1S/C15H20BrNO/c16-14-12(15(10-17)7-2-8-15)3-1-4-13(14)18-9-11-5-6-11/h1,3-4,11H,2,5-10,17H2. The van der Waals surface area contributed by atoms with Gasteiger partial charge in [-0.2, -0.15) is 0 Å². The van der Waals surface area contributed by atoms with Gasteiger partial charge in [0, 0.05) is 12.0 Å². The molecular weight excluding hydrogens is 290 g/mol. The fourth-order valence-corrected chi connectivity index (χ4v) is 3.51. The van der Waals surface area contributed by atoms with Crippen molar-refractivity contribution in [1.82, 2.24) is 0 Å². The fraction of sp³-hybridized carbons (Fsp3) is 0.600. The molecule has 2 aliphatic carbocycles. The molecule has 0 amide bonds. The Kier molecular flexibility index (Phi) is 3.37. The van der Waals surface area contributed by atoms with Crippen molar-refractivity contribution in [2.45, 2.75) is 37.5 Å². The average Bonchev–Trinajstić information content (AvgIpc) is 3.13. The lowest BCUT2D eigenvalue weighted by atomic mass is 9.64. The van der Waals surface area contributed by atoms with Crippen molar-refractivity contribution in [3.63, 3.8) is 0 Å². The Morgan fingerprint density at radius 2 is 2.11 bits per heavy atom. The van der Waals surface area contributed by atoms with E-state index in [9.17, 15) is 0 Å². The van der Waals surface area contributed by atoms with Gasteiger partial charge in [-0.25, -0.2) is 0 Å². The van der Waals surface area contributed by atoms with Crippen molar-refractivity contribution in [3.8, 4) is 5.75 Å². The zero-order chi connectivity index (χ0) is 12.6. The van der Waals surface area contributed by atoms with Crippen LogP contribution in [0.3, 0.4) is 0 Å². The normalized spacial score (nSPS) is 21.4. The predicted octanol–water partition coefficient (Wildman–Crippen LogP) is 3.62. The maximum atomic E-state index is 5.99. The molecular formula is C15H20BrNO. The number of hydrogen-bond acceptors (Lipinski definition) is 2. The molecule has 0 radical (unpaired) electrons. The Morgan fingerprint density at radius 3 is 2.67 bits per heavy atom. The zero-order valence-corrected chi connectivity index (χ0v) is 12.2. The van der Waals surface area contributed by atoms with Crippen LogP contribution in [0.5, 0.6) is 5.75 Å². The van der Waals surface area contributed by atoms with Gasteiger partial charge < -0.3 is 10.5 Å². The molecule has 0 saturated heterocycles. The van der Waals surface area contributed by atoms with Gasteiger partial charge in [-0.05, 0) is 59.2 Å². The SMILES string of the molecule is NCC1(c2cccc(OCC3CC3)c2Br)CCC1. The quantitative estimate of drug-likeness (QED) is 0.901. The van der Waals surface area contributed by atoms with Crippen molar-refractivity contribution in [3.05, 3.63) is 28.2 Å².